The van der Waals surface area contributed by atoms with Crippen LogP contribution in [-0.4, -0.2) is 86.7 Å². The van der Waals surface area contributed by atoms with Crippen molar-refractivity contribution in [3.05, 3.63) is 29.2 Å². The molecule has 3 fully saturated rings. The summed E-state index contributed by atoms with van der Waals surface area (Å²) < 4.78 is 7.46. The molecule has 2 aromatic heterocycles. The number of nitrogens with zero attached hydrogens (tertiary/aromatic N) is 5. The topological polar surface area (TPSA) is 117 Å². The first-order valence-electron chi connectivity index (χ1n) is 11.5. The van der Waals surface area contributed by atoms with Gasteiger partial charge >= 0.3 is 5.97 Å². The van der Waals surface area contributed by atoms with Crippen molar-refractivity contribution in [3.8, 4) is 0 Å². The molecule has 1 atom stereocenters. The quantitative estimate of drug-likeness (QED) is 0.547. The fraction of sp³-hybridized carbons (Fsp3) is 0.609. The summed E-state index contributed by atoms with van der Waals surface area (Å²) in [5, 5.41) is 11.4. The Balaban J connectivity index is 0.000000821. The number of esters is 1. The van der Waals surface area contributed by atoms with E-state index in [4.69, 9.17) is 14.6 Å². The maximum atomic E-state index is 13.0. The number of aryl methyl sites for hydroxylation is 2. The van der Waals surface area contributed by atoms with Crippen molar-refractivity contribution in [1.82, 2.24) is 24.4 Å². The number of aromatic nitrogens is 3. The monoisotopic (exact) mass is 457 g/mol. The summed E-state index contributed by atoms with van der Waals surface area (Å²) in [7, 11) is 0. The molecule has 0 saturated carbocycles. The minimum Gasteiger partial charge on any atom is -0.483 e. The van der Waals surface area contributed by atoms with Crippen LogP contribution >= 0.6 is 0 Å². The molecule has 5 rings (SSSR count). The molecule has 3 aliphatic rings. The summed E-state index contributed by atoms with van der Waals surface area (Å²) in [6.45, 7) is 7.82. The highest BCUT2D eigenvalue weighted by Gasteiger charge is 2.51. The lowest BCUT2D eigenvalue weighted by atomic mass is 9.76. The van der Waals surface area contributed by atoms with Crippen molar-refractivity contribution in [2.45, 2.75) is 52.1 Å². The van der Waals surface area contributed by atoms with Crippen LogP contribution in [0, 0.1) is 19.3 Å². The Labute approximate surface area is 192 Å². The lowest BCUT2D eigenvalue weighted by Gasteiger charge is -2.36. The van der Waals surface area contributed by atoms with E-state index in [1.54, 1.807) is 10.6 Å². The Morgan fingerprint density at radius 1 is 1.21 bits per heavy atom. The molecule has 0 radical (unpaired) electrons. The Kier molecular flexibility index (Phi) is 6.64. The molecule has 0 aromatic carbocycles. The minimum atomic E-state index is -0.421. The van der Waals surface area contributed by atoms with Crippen LogP contribution in [0.15, 0.2) is 12.1 Å². The fourth-order valence-corrected chi connectivity index (χ4v) is 5.29. The van der Waals surface area contributed by atoms with E-state index in [0.29, 0.717) is 37.3 Å². The van der Waals surface area contributed by atoms with E-state index < -0.39 is 5.41 Å². The SMILES string of the molecule is Cc1cc(C)n2nc(C(=O)N3CCC4(CC3)CC(CN3CCCC3)OC4=O)cc2n1.O=CO. The Morgan fingerprint density at radius 3 is 2.55 bits per heavy atom. The van der Waals surface area contributed by atoms with Crippen LogP contribution in [0.4, 0.5) is 0 Å². The third kappa shape index (κ3) is 4.71. The summed E-state index contributed by atoms with van der Waals surface area (Å²) in [6.07, 6.45) is 4.58. The Morgan fingerprint density at radius 2 is 1.88 bits per heavy atom. The number of ether oxygens (including phenoxy) is 1. The van der Waals surface area contributed by atoms with Crippen LogP contribution in [0.5, 0.6) is 0 Å². The maximum absolute atomic E-state index is 13.0. The molecule has 2 aromatic rings. The third-order valence-electron chi connectivity index (χ3n) is 6.95. The summed E-state index contributed by atoms with van der Waals surface area (Å²) in [5.41, 5.74) is 2.53. The third-order valence-corrected chi connectivity index (χ3v) is 6.95. The molecule has 1 amide bonds. The van der Waals surface area contributed by atoms with E-state index in [0.717, 1.165) is 37.4 Å². The first-order chi connectivity index (χ1) is 15.8. The Bertz CT molecular complexity index is 1040. The number of carbonyl (C=O) groups is 3. The molecular formula is C23H31N5O5. The van der Waals surface area contributed by atoms with E-state index >= 15 is 0 Å². The number of fused-ring (bicyclic) bond motifs is 1. The predicted molar refractivity (Wildman–Crippen MR) is 119 cm³/mol. The number of rotatable bonds is 3. The van der Waals surface area contributed by atoms with Crippen LogP contribution in [-0.2, 0) is 14.3 Å². The van der Waals surface area contributed by atoms with E-state index in [1.165, 1.54) is 12.8 Å². The van der Waals surface area contributed by atoms with Gasteiger partial charge in [-0.25, -0.2) is 9.50 Å². The molecule has 5 heterocycles. The second kappa shape index (κ2) is 9.46. The van der Waals surface area contributed by atoms with Crippen molar-refractivity contribution in [1.29, 1.82) is 0 Å². The highest BCUT2D eigenvalue weighted by atomic mass is 16.6. The number of amides is 1. The van der Waals surface area contributed by atoms with Gasteiger partial charge < -0.3 is 14.7 Å². The molecule has 3 aliphatic heterocycles. The number of hydrogen-bond acceptors (Lipinski definition) is 7. The molecule has 0 aliphatic carbocycles. The molecule has 10 heteroatoms. The van der Waals surface area contributed by atoms with Gasteiger partial charge in [0.25, 0.3) is 12.4 Å². The zero-order valence-electron chi connectivity index (χ0n) is 19.2. The summed E-state index contributed by atoms with van der Waals surface area (Å²) in [6, 6.07) is 3.70. The Hall–Kier alpha value is -3.01. The highest BCUT2D eigenvalue weighted by molar-refractivity contribution is 5.93. The summed E-state index contributed by atoms with van der Waals surface area (Å²) >= 11 is 0. The van der Waals surface area contributed by atoms with Gasteiger partial charge in [-0.3, -0.25) is 19.3 Å². The van der Waals surface area contributed by atoms with Crippen molar-refractivity contribution < 1.29 is 24.2 Å². The van der Waals surface area contributed by atoms with Gasteiger partial charge in [0.05, 0.1) is 5.41 Å². The largest absolute Gasteiger partial charge is 0.483 e. The van der Waals surface area contributed by atoms with Crippen LogP contribution in [0.2, 0.25) is 0 Å². The maximum Gasteiger partial charge on any atom is 0.312 e. The lowest BCUT2D eigenvalue weighted by molar-refractivity contribution is -0.151. The number of cyclic esters (lactones) is 1. The normalized spacial score (nSPS) is 22.3. The molecule has 1 spiro atoms. The predicted octanol–water partition coefficient (Wildman–Crippen LogP) is 1.68. The molecule has 1 N–H and O–H groups in total. The van der Waals surface area contributed by atoms with Crippen LogP contribution in [0.3, 0.4) is 0 Å². The van der Waals surface area contributed by atoms with Gasteiger partial charge in [0.15, 0.2) is 11.3 Å². The molecule has 3 saturated heterocycles. The number of hydrogen-bond donors (Lipinski definition) is 1. The molecule has 1 unspecified atom stereocenters. The van der Waals surface area contributed by atoms with Crippen molar-refractivity contribution in [2.75, 3.05) is 32.7 Å². The molecule has 10 nitrogen and oxygen atoms in total. The van der Waals surface area contributed by atoms with Gasteiger partial charge in [0.1, 0.15) is 6.10 Å². The van der Waals surface area contributed by atoms with Gasteiger partial charge in [-0.05, 0) is 58.7 Å². The van der Waals surface area contributed by atoms with Gasteiger partial charge in [0, 0.05) is 43.5 Å². The van der Waals surface area contributed by atoms with Gasteiger partial charge in [-0.2, -0.15) is 5.10 Å². The molecule has 0 bridgehead atoms. The standard InChI is InChI=1S/C22H29N5O3.CH2O2/c1-15-11-16(2)27-19(23-15)12-18(24-27)20(28)26-9-5-22(6-10-26)13-17(30-21(22)29)14-25-7-3-4-8-25;2-1-3/h11-12,17H,3-10,13-14H2,1-2H3;1H,(H,2,3). The molecule has 178 valence electrons. The minimum absolute atomic E-state index is 0.00594. The number of likely N-dealkylation sites (tertiary alicyclic amines) is 2. The second-order valence-corrected chi connectivity index (χ2v) is 9.26. The van der Waals surface area contributed by atoms with Crippen molar-refractivity contribution in [2.24, 2.45) is 5.41 Å². The van der Waals surface area contributed by atoms with Gasteiger partial charge in [-0.15, -0.1) is 0 Å². The van der Waals surface area contributed by atoms with Gasteiger partial charge in [0.2, 0.25) is 0 Å². The first-order valence-corrected chi connectivity index (χ1v) is 11.5. The van der Waals surface area contributed by atoms with Crippen LogP contribution in [0.1, 0.15) is 54.0 Å². The van der Waals surface area contributed by atoms with E-state index in [-0.39, 0.29) is 24.5 Å². The zero-order chi connectivity index (χ0) is 23.6. The number of carboxylic acid groups (broad SMARTS) is 1. The summed E-state index contributed by atoms with van der Waals surface area (Å²) in [4.78, 5) is 42.8. The summed E-state index contributed by atoms with van der Waals surface area (Å²) in [5.74, 6) is -0.158. The average molecular weight is 458 g/mol. The van der Waals surface area contributed by atoms with Gasteiger partial charge in [-0.1, -0.05) is 0 Å². The lowest BCUT2D eigenvalue weighted by Crippen LogP contribution is -2.45. The van der Waals surface area contributed by atoms with Crippen LogP contribution in [0.25, 0.3) is 5.65 Å². The average Bonchev–Trinajstić information content (AvgIpc) is 3.49. The number of carbonyl (C=O) groups excluding carboxylic acids is 2. The van der Waals surface area contributed by atoms with E-state index in [2.05, 4.69) is 15.0 Å². The molecule has 33 heavy (non-hydrogen) atoms. The zero-order valence-corrected chi connectivity index (χ0v) is 19.2. The second-order valence-electron chi connectivity index (χ2n) is 9.26. The smallest absolute Gasteiger partial charge is 0.312 e. The van der Waals surface area contributed by atoms with Crippen LogP contribution < -0.4 is 0 Å². The first kappa shape index (κ1) is 23.2. The van der Waals surface area contributed by atoms with E-state index in [1.807, 2.05) is 24.8 Å². The highest BCUT2D eigenvalue weighted by Crippen LogP contribution is 2.43. The van der Waals surface area contributed by atoms with Crippen molar-refractivity contribution in [3.63, 3.8) is 0 Å². The molecular weight excluding hydrogens is 426 g/mol. The van der Waals surface area contributed by atoms with Crippen molar-refractivity contribution >= 4 is 24.0 Å². The fourth-order valence-electron chi connectivity index (χ4n) is 5.29. The van der Waals surface area contributed by atoms with E-state index in [9.17, 15) is 9.59 Å². The number of piperidine rings is 1.